The number of nitrogens with zero attached hydrogens (tertiary/aromatic N) is 1. The summed E-state index contributed by atoms with van der Waals surface area (Å²) in [6.45, 7) is 0. The Bertz CT molecular complexity index is 893. The van der Waals surface area contributed by atoms with Crippen molar-refractivity contribution in [2.75, 3.05) is 19.1 Å². The van der Waals surface area contributed by atoms with E-state index in [1.165, 1.54) is 14.2 Å². The van der Waals surface area contributed by atoms with Crippen LogP contribution in [0.1, 0.15) is 11.6 Å². The summed E-state index contributed by atoms with van der Waals surface area (Å²) in [7, 11) is 2.41. The molecule has 7 nitrogen and oxygen atoms in total. The molecule has 0 saturated heterocycles. The Morgan fingerprint density at radius 3 is 2.00 bits per heavy atom. The summed E-state index contributed by atoms with van der Waals surface area (Å²) >= 11 is 0. The van der Waals surface area contributed by atoms with Gasteiger partial charge in [0, 0.05) is 0 Å². The molecule has 3 rings (SSSR count). The van der Waals surface area contributed by atoms with Gasteiger partial charge in [-0.05, 0) is 17.7 Å². The van der Waals surface area contributed by atoms with Gasteiger partial charge in [-0.3, -0.25) is 4.90 Å². The topological polar surface area (TPSA) is 84.9 Å². The quantitative estimate of drug-likeness (QED) is 0.841. The van der Waals surface area contributed by atoms with Crippen molar-refractivity contribution in [3.63, 3.8) is 0 Å². The molecule has 1 aliphatic rings. The lowest BCUT2D eigenvalue weighted by molar-refractivity contribution is -0.139. The van der Waals surface area contributed by atoms with Gasteiger partial charge in [0.15, 0.2) is 0 Å². The fourth-order valence-corrected chi connectivity index (χ4v) is 2.96. The fraction of sp³-hybridized carbons (Fsp3) is 0.150. The monoisotopic (exact) mass is 366 g/mol. The molecule has 7 heteroatoms. The fourth-order valence-electron chi connectivity index (χ4n) is 2.96. The minimum Gasteiger partial charge on any atom is -0.466 e. The minimum atomic E-state index is -0.847. The zero-order valence-electron chi connectivity index (χ0n) is 14.8. The highest BCUT2D eigenvalue weighted by atomic mass is 16.5. The van der Waals surface area contributed by atoms with Crippen LogP contribution in [0.3, 0.4) is 0 Å². The molecule has 0 saturated carbocycles. The first-order valence-corrected chi connectivity index (χ1v) is 8.20. The van der Waals surface area contributed by atoms with E-state index in [4.69, 9.17) is 9.47 Å². The lowest BCUT2D eigenvalue weighted by atomic mass is 9.94. The summed E-state index contributed by atoms with van der Waals surface area (Å²) in [5.74, 6) is -1.54. The van der Waals surface area contributed by atoms with E-state index >= 15 is 0 Å². The standard InChI is InChI=1S/C20H18N2O5/c1-26-18(23)15-16(13-9-5-3-6-10-13)21-20(25)22(17(15)19(24)27-2)14-11-7-4-8-12-14/h3-12,16H,1-2H3,(H,21,25)/t16-/m0/s1. The van der Waals surface area contributed by atoms with Crippen molar-refractivity contribution in [2.45, 2.75) is 6.04 Å². The Hall–Kier alpha value is -3.61. The number of para-hydroxylation sites is 1. The second-order valence-electron chi connectivity index (χ2n) is 5.71. The predicted octanol–water partition coefficient (Wildman–Crippen LogP) is 2.56. The van der Waals surface area contributed by atoms with E-state index < -0.39 is 24.0 Å². The number of carbonyl (C=O) groups excluding carboxylic acids is 3. The van der Waals surface area contributed by atoms with E-state index in [2.05, 4.69) is 5.32 Å². The molecule has 0 aliphatic carbocycles. The highest BCUT2D eigenvalue weighted by Crippen LogP contribution is 2.34. The molecule has 0 bridgehead atoms. The summed E-state index contributed by atoms with van der Waals surface area (Å²) in [6, 6.07) is 16.0. The molecule has 0 fully saturated rings. The lowest BCUT2D eigenvalue weighted by Crippen LogP contribution is -2.50. The molecule has 2 aromatic rings. The van der Waals surface area contributed by atoms with Gasteiger partial charge in [0.1, 0.15) is 5.70 Å². The number of carbonyl (C=O) groups is 3. The number of hydrogen-bond donors (Lipinski definition) is 1. The van der Waals surface area contributed by atoms with E-state index in [9.17, 15) is 14.4 Å². The third kappa shape index (κ3) is 3.39. The van der Waals surface area contributed by atoms with Gasteiger partial charge >= 0.3 is 18.0 Å². The van der Waals surface area contributed by atoms with Gasteiger partial charge in [-0.2, -0.15) is 0 Å². The van der Waals surface area contributed by atoms with Crippen LogP contribution >= 0.6 is 0 Å². The first-order chi connectivity index (χ1) is 13.1. The second kappa shape index (κ2) is 7.74. The van der Waals surface area contributed by atoms with Crippen molar-refractivity contribution in [2.24, 2.45) is 0 Å². The van der Waals surface area contributed by atoms with E-state index in [1.807, 2.05) is 6.07 Å². The van der Waals surface area contributed by atoms with Crippen LogP contribution in [0.4, 0.5) is 10.5 Å². The van der Waals surface area contributed by atoms with Crippen LogP contribution in [0.2, 0.25) is 0 Å². The molecule has 138 valence electrons. The summed E-state index contributed by atoms with van der Waals surface area (Å²) in [6.07, 6.45) is 0. The highest BCUT2D eigenvalue weighted by molar-refractivity contribution is 6.13. The van der Waals surface area contributed by atoms with Crippen molar-refractivity contribution < 1.29 is 23.9 Å². The highest BCUT2D eigenvalue weighted by Gasteiger charge is 2.42. The average Bonchev–Trinajstić information content (AvgIpc) is 2.73. The first-order valence-electron chi connectivity index (χ1n) is 8.20. The Kier molecular flexibility index (Phi) is 5.21. The minimum absolute atomic E-state index is 0.000923. The number of amides is 2. The van der Waals surface area contributed by atoms with Crippen LogP contribution in [0, 0.1) is 0 Å². The average molecular weight is 366 g/mol. The number of methoxy groups -OCH3 is 2. The number of rotatable bonds is 4. The molecule has 1 atom stereocenters. The van der Waals surface area contributed by atoms with Crippen molar-refractivity contribution in [1.29, 1.82) is 0 Å². The second-order valence-corrected chi connectivity index (χ2v) is 5.71. The van der Waals surface area contributed by atoms with Gasteiger partial charge in [-0.25, -0.2) is 14.4 Å². The number of nitrogens with one attached hydrogen (secondary N) is 1. The number of benzene rings is 2. The zero-order chi connectivity index (χ0) is 19.4. The summed E-state index contributed by atoms with van der Waals surface area (Å²) < 4.78 is 9.78. The SMILES string of the molecule is COC(=O)C1=C(C(=O)OC)N(c2ccccc2)C(=O)N[C@H]1c1ccccc1. The van der Waals surface area contributed by atoms with Crippen LogP contribution in [-0.4, -0.2) is 32.2 Å². The molecule has 0 aromatic heterocycles. The largest absolute Gasteiger partial charge is 0.466 e. The van der Waals surface area contributed by atoms with Gasteiger partial charge in [0.25, 0.3) is 0 Å². The number of hydrogen-bond acceptors (Lipinski definition) is 5. The molecule has 1 heterocycles. The summed E-state index contributed by atoms with van der Waals surface area (Å²) in [5.41, 5.74) is 0.885. The predicted molar refractivity (Wildman–Crippen MR) is 97.7 cm³/mol. The van der Waals surface area contributed by atoms with Crippen LogP contribution in [-0.2, 0) is 19.1 Å². The van der Waals surface area contributed by atoms with Crippen molar-refractivity contribution in [1.82, 2.24) is 5.32 Å². The first kappa shape index (κ1) is 18.2. The number of anilines is 1. The van der Waals surface area contributed by atoms with E-state index in [0.717, 1.165) is 4.90 Å². The number of esters is 2. The molecule has 0 radical (unpaired) electrons. The third-order valence-electron chi connectivity index (χ3n) is 4.17. The molecule has 0 unspecified atom stereocenters. The molecule has 1 aliphatic heterocycles. The summed E-state index contributed by atoms with van der Waals surface area (Å²) in [4.78, 5) is 39.2. The molecule has 27 heavy (non-hydrogen) atoms. The Balaban J connectivity index is 2.27. The normalized spacial score (nSPS) is 16.6. The third-order valence-corrected chi connectivity index (χ3v) is 4.17. The molecule has 2 amide bonds. The molecule has 1 N–H and O–H groups in total. The lowest BCUT2D eigenvalue weighted by Gasteiger charge is -2.35. The Morgan fingerprint density at radius 2 is 1.44 bits per heavy atom. The number of urea groups is 1. The van der Waals surface area contributed by atoms with Gasteiger partial charge in [0.2, 0.25) is 0 Å². The maximum atomic E-state index is 12.9. The Morgan fingerprint density at radius 1 is 0.889 bits per heavy atom. The zero-order valence-corrected chi connectivity index (χ0v) is 14.8. The maximum absolute atomic E-state index is 12.9. The van der Waals surface area contributed by atoms with Gasteiger partial charge < -0.3 is 14.8 Å². The van der Waals surface area contributed by atoms with E-state index in [1.54, 1.807) is 54.6 Å². The number of ether oxygens (including phenoxy) is 2. The smallest absolute Gasteiger partial charge is 0.355 e. The molecule has 2 aromatic carbocycles. The van der Waals surface area contributed by atoms with Crippen LogP contribution in [0.5, 0.6) is 0 Å². The molecular formula is C20H18N2O5. The van der Waals surface area contributed by atoms with Gasteiger partial charge in [-0.15, -0.1) is 0 Å². The van der Waals surface area contributed by atoms with E-state index in [0.29, 0.717) is 11.3 Å². The van der Waals surface area contributed by atoms with Gasteiger partial charge in [0.05, 0.1) is 31.5 Å². The van der Waals surface area contributed by atoms with Crippen molar-refractivity contribution in [3.8, 4) is 0 Å². The van der Waals surface area contributed by atoms with Crippen LogP contribution in [0.15, 0.2) is 71.9 Å². The summed E-state index contributed by atoms with van der Waals surface area (Å²) in [5, 5.41) is 2.78. The van der Waals surface area contributed by atoms with Crippen molar-refractivity contribution in [3.05, 3.63) is 77.5 Å². The van der Waals surface area contributed by atoms with Crippen LogP contribution in [0.25, 0.3) is 0 Å². The van der Waals surface area contributed by atoms with Crippen molar-refractivity contribution >= 4 is 23.7 Å². The Labute approximate surface area is 156 Å². The van der Waals surface area contributed by atoms with Crippen LogP contribution < -0.4 is 10.2 Å². The molecular weight excluding hydrogens is 348 g/mol. The van der Waals surface area contributed by atoms with E-state index in [-0.39, 0.29) is 11.3 Å². The molecule has 0 spiro atoms. The maximum Gasteiger partial charge on any atom is 0.355 e. The van der Waals surface area contributed by atoms with Gasteiger partial charge in [-0.1, -0.05) is 48.5 Å².